The molecule has 0 heterocycles. The number of thioether (sulfide) groups is 1. The Bertz CT molecular complexity index is 370. The molecule has 0 fully saturated rings. The van der Waals surface area contributed by atoms with Crippen molar-refractivity contribution in [3.8, 4) is 0 Å². The lowest BCUT2D eigenvalue weighted by Crippen LogP contribution is -2.43. The van der Waals surface area contributed by atoms with Gasteiger partial charge in [-0.1, -0.05) is 23.2 Å². The van der Waals surface area contributed by atoms with Crippen LogP contribution < -0.4 is 5.32 Å². The molecule has 0 amide bonds. The van der Waals surface area contributed by atoms with E-state index >= 15 is 0 Å². The summed E-state index contributed by atoms with van der Waals surface area (Å²) in [7, 11) is 1.85. The number of likely N-dealkylation sites (N-methyl/N-ethyl adjacent to an activating group) is 1. The lowest BCUT2D eigenvalue weighted by atomic mass is 10.0. The molecule has 0 aliphatic carbocycles. The van der Waals surface area contributed by atoms with E-state index in [1.807, 2.05) is 20.0 Å². The molecule has 1 rings (SSSR count). The maximum absolute atomic E-state index is 9.26. The van der Waals surface area contributed by atoms with Gasteiger partial charge in [-0.25, -0.2) is 0 Å². The summed E-state index contributed by atoms with van der Waals surface area (Å²) in [5.41, 5.74) is -0.238. The topological polar surface area (TPSA) is 32.3 Å². The van der Waals surface area contributed by atoms with Gasteiger partial charge >= 0.3 is 0 Å². The maximum Gasteiger partial charge on any atom is 0.0610 e. The van der Waals surface area contributed by atoms with Gasteiger partial charge in [-0.2, -0.15) is 0 Å². The Morgan fingerprint density at radius 3 is 2.71 bits per heavy atom. The normalized spacial score (nSPS) is 14.6. The van der Waals surface area contributed by atoms with Gasteiger partial charge in [0, 0.05) is 15.5 Å². The summed E-state index contributed by atoms with van der Waals surface area (Å²) >= 11 is 13.6. The van der Waals surface area contributed by atoms with E-state index in [1.54, 1.807) is 23.9 Å². The van der Waals surface area contributed by atoms with Crippen LogP contribution in [0.5, 0.6) is 0 Å². The second kappa shape index (κ2) is 6.86. The minimum Gasteiger partial charge on any atom is -0.394 e. The number of rotatable bonds is 6. The zero-order valence-corrected chi connectivity index (χ0v) is 12.3. The van der Waals surface area contributed by atoms with Gasteiger partial charge in [0.25, 0.3) is 0 Å². The van der Waals surface area contributed by atoms with Crippen LogP contribution in [0.15, 0.2) is 23.1 Å². The Morgan fingerprint density at radius 2 is 2.12 bits per heavy atom. The average Bonchev–Trinajstić information content (AvgIpc) is 2.33. The fourth-order valence-corrected chi connectivity index (χ4v) is 2.96. The molecule has 2 N–H and O–H groups in total. The van der Waals surface area contributed by atoms with E-state index in [0.717, 1.165) is 22.1 Å². The van der Waals surface area contributed by atoms with Crippen molar-refractivity contribution in [1.29, 1.82) is 0 Å². The Hall–Kier alpha value is 0.0700. The molecule has 0 aromatic heterocycles. The van der Waals surface area contributed by atoms with Crippen LogP contribution in [0, 0.1) is 0 Å². The number of halogens is 2. The Balaban J connectivity index is 2.53. The minimum atomic E-state index is -0.238. The lowest BCUT2D eigenvalue weighted by molar-refractivity contribution is 0.179. The van der Waals surface area contributed by atoms with Crippen molar-refractivity contribution in [2.24, 2.45) is 0 Å². The Morgan fingerprint density at radius 1 is 1.41 bits per heavy atom. The van der Waals surface area contributed by atoms with Crippen LogP contribution in [0.25, 0.3) is 0 Å². The van der Waals surface area contributed by atoms with Crippen molar-refractivity contribution in [1.82, 2.24) is 5.32 Å². The molecule has 2 nitrogen and oxygen atoms in total. The number of aliphatic hydroxyl groups is 1. The summed E-state index contributed by atoms with van der Waals surface area (Å²) < 4.78 is 0. The van der Waals surface area contributed by atoms with Crippen molar-refractivity contribution in [3.05, 3.63) is 28.2 Å². The first kappa shape index (κ1) is 15.1. The van der Waals surface area contributed by atoms with Crippen molar-refractivity contribution in [2.45, 2.75) is 23.8 Å². The van der Waals surface area contributed by atoms with Crippen LogP contribution in [-0.4, -0.2) is 30.1 Å². The zero-order valence-electron chi connectivity index (χ0n) is 9.96. The van der Waals surface area contributed by atoms with Crippen molar-refractivity contribution in [3.63, 3.8) is 0 Å². The molecule has 0 spiro atoms. The average molecular weight is 294 g/mol. The summed E-state index contributed by atoms with van der Waals surface area (Å²) in [5, 5.41) is 13.8. The van der Waals surface area contributed by atoms with E-state index < -0.39 is 0 Å². The standard InChI is InChI=1S/C12H17Cl2NOS/c1-12(8-16,15-2)5-6-17-11-7-9(13)3-4-10(11)14/h3-4,7,15-16H,5-6,8H2,1-2H3. The van der Waals surface area contributed by atoms with Gasteiger partial charge in [-0.05, 0) is 44.3 Å². The summed E-state index contributed by atoms with van der Waals surface area (Å²) in [6, 6.07) is 5.44. The Labute approximate surface area is 117 Å². The highest BCUT2D eigenvalue weighted by Gasteiger charge is 2.20. The van der Waals surface area contributed by atoms with E-state index in [9.17, 15) is 5.11 Å². The molecule has 1 aromatic carbocycles. The third-order valence-electron chi connectivity index (χ3n) is 2.76. The van der Waals surface area contributed by atoms with E-state index in [1.165, 1.54) is 0 Å². The van der Waals surface area contributed by atoms with Gasteiger partial charge in [-0.15, -0.1) is 11.8 Å². The van der Waals surface area contributed by atoms with Crippen LogP contribution in [0.3, 0.4) is 0 Å². The fraction of sp³-hybridized carbons (Fsp3) is 0.500. The molecular weight excluding hydrogens is 277 g/mol. The largest absolute Gasteiger partial charge is 0.394 e. The molecule has 96 valence electrons. The highest BCUT2D eigenvalue weighted by Crippen LogP contribution is 2.31. The molecule has 0 saturated heterocycles. The van der Waals surface area contributed by atoms with E-state index in [2.05, 4.69) is 5.32 Å². The third-order valence-corrected chi connectivity index (χ3v) is 4.49. The molecule has 0 saturated carbocycles. The van der Waals surface area contributed by atoms with Crippen LogP contribution >= 0.6 is 35.0 Å². The second-order valence-electron chi connectivity index (χ2n) is 4.14. The van der Waals surface area contributed by atoms with Crippen molar-refractivity contribution < 1.29 is 5.11 Å². The van der Waals surface area contributed by atoms with E-state index in [0.29, 0.717) is 5.02 Å². The van der Waals surface area contributed by atoms with Gasteiger partial charge in [0.2, 0.25) is 0 Å². The summed E-state index contributed by atoms with van der Waals surface area (Å²) in [6.45, 7) is 2.11. The van der Waals surface area contributed by atoms with Gasteiger partial charge < -0.3 is 10.4 Å². The summed E-state index contributed by atoms with van der Waals surface area (Å²) in [5.74, 6) is 0.873. The maximum atomic E-state index is 9.26. The first-order valence-electron chi connectivity index (χ1n) is 5.38. The predicted molar refractivity (Wildman–Crippen MR) is 76.4 cm³/mol. The molecule has 0 radical (unpaired) electrons. The van der Waals surface area contributed by atoms with Crippen LogP contribution in [0.4, 0.5) is 0 Å². The first-order valence-corrected chi connectivity index (χ1v) is 7.12. The SMILES string of the molecule is CNC(C)(CO)CCSc1cc(Cl)ccc1Cl. The number of hydrogen-bond acceptors (Lipinski definition) is 3. The number of benzene rings is 1. The summed E-state index contributed by atoms with van der Waals surface area (Å²) in [4.78, 5) is 0.982. The monoisotopic (exact) mass is 293 g/mol. The van der Waals surface area contributed by atoms with Crippen LogP contribution in [0.1, 0.15) is 13.3 Å². The molecule has 0 bridgehead atoms. The zero-order chi connectivity index (χ0) is 12.9. The third kappa shape index (κ3) is 4.68. The summed E-state index contributed by atoms with van der Waals surface area (Å²) in [6.07, 6.45) is 0.855. The number of aliphatic hydroxyl groups excluding tert-OH is 1. The number of hydrogen-bond donors (Lipinski definition) is 2. The van der Waals surface area contributed by atoms with E-state index in [-0.39, 0.29) is 12.1 Å². The lowest BCUT2D eigenvalue weighted by Gasteiger charge is -2.26. The quantitative estimate of drug-likeness (QED) is 0.788. The van der Waals surface area contributed by atoms with Crippen LogP contribution in [0.2, 0.25) is 10.0 Å². The highest BCUT2D eigenvalue weighted by atomic mass is 35.5. The first-order chi connectivity index (χ1) is 8.00. The Kier molecular flexibility index (Phi) is 6.10. The van der Waals surface area contributed by atoms with Crippen molar-refractivity contribution in [2.75, 3.05) is 19.4 Å². The molecule has 1 atom stereocenters. The molecule has 1 unspecified atom stereocenters. The predicted octanol–water partition coefficient (Wildman–Crippen LogP) is 3.45. The molecular formula is C12H17Cl2NOS. The molecule has 5 heteroatoms. The van der Waals surface area contributed by atoms with Crippen LogP contribution in [-0.2, 0) is 0 Å². The smallest absolute Gasteiger partial charge is 0.0610 e. The molecule has 0 aliphatic rings. The second-order valence-corrected chi connectivity index (χ2v) is 6.12. The van der Waals surface area contributed by atoms with Gasteiger partial charge in [-0.3, -0.25) is 0 Å². The van der Waals surface area contributed by atoms with Crippen molar-refractivity contribution >= 4 is 35.0 Å². The highest BCUT2D eigenvalue weighted by molar-refractivity contribution is 7.99. The van der Waals surface area contributed by atoms with Gasteiger partial charge in [0.15, 0.2) is 0 Å². The molecule has 0 aliphatic heterocycles. The minimum absolute atomic E-state index is 0.118. The van der Waals surface area contributed by atoms with Gasteiger partial charge in [0.1, 0.15) is 0 Å². The number of nitrogens with one attached hydrogen (secondary N) is 1. The fourth-order valence-electron chi connectivity index (χ4n) is 1.26. The van der Waals surface area contributed by atoms with E-state index in [4.69, 9.17) is 23.2 Å². The van der Waals surface area contributed by atoms with Gasteiger partial charge in [0.05, 0.1) is 11.6 Å². The molecule has 17 heavy (non-hydrogen) atoms. The molecule has 1 aromatic rings.